The molecular weight excluding hydrogens is 423 g/mol. The normalized spacial score (nSPS) is 12.0. The maximum atomic E-state index is 4.85. The molecule has 0 aliphatic carbocycles. The van der Waals surface area contributed by atoms with Gasteiger partial charge >= 0.3 is 0 Å². The summed E-state index contributed by atoms with van der Waals surface area (Å²) in [6.07, 6.45) is 3.01. The molecule has 146 valence electrons. The predicted molar refractivity (Wildman–Crippen MR) is 127 cm³/mol. The van der Waals surface area contributed by atoms with Gasteiger partial charge in [-0.15, -0.1) is 35.3 Å². The van der Waals surface area contributed by atoms with Crippen molar-refractivity contribution in [3.8, 4) is 21.0 Å². The Hall–Kier alpha value is -1.28. The fourth-order valence-corrected chi connectivity index (χ4v) is 6.90. The lowest BCUT2D eigenvalue weighted by molar-refractivity contribution is 0.855. The van der Waals surface area contributed by atoms with Crippen molar-refractivity contribution in [2.24, 2.45) is 0 Å². The summed E-state index contributed by atoms with van der Waals surface area (Å²) in [5.74, 6) is 0.966. The fourth-order valence-electron chi connectivity index (χ4n) is 3.40. The Kier molecular flexibility index (Phi) is 5.62. The molecule has 0 saturated heterocycles. The maximum Gasteiger partial charge on any atom is 0.132 e. The smallest absolute Gasteiger partial charge is 0.132 e. The van der Waals surface area contributed by atoms with Gasteiger partial charge in [0.25, 0.3) is 0 Å². The molecule has 4 rings (SSSR count). The Labute approximate surface area is 183 Å². The van der Waals surface area contributed by atoms with E-state index in [4.69, 9.17) is 4.98 Å². The average Bonchev–Trinajstić information content (AvgIpc) is 3.38. The van der Waals surface area contributed by atoms with E-state index in [9.17, 15) is 0 Å². The molecule has 0 amide bonds. The third-order valence-corrected chi connectivity index (χ3v) is 8.66. The lowest BCUT2D eigenvalue weighted by Gasteiger charge is -2.04. The minimum Gasteiger partial charge on any atom is -0.252 e. The van der Waals surface area contributed by atoms with Crippen LogP contribution in [0.3, 0.4) is 0 Å². The van der Waals surface area contributed by atoms with Gasteiger partial charge < -0.3 is 0 Å². The van der Waals surface area contributed by atoms with Gasteiger partial charge in [-0.3, -0.25) is 4.98 Å². The molecule has 0 atom stereocenters. The van der Waals surface area contributed by atoms with Gasteiger partial charge in [0.2, 0.25) is 0 Å². The molecular formula is C21H23N3S4. The first-order valence-electron chi connectivity index (χ1n) is 9.48. The Bertz CT molecular complexity index is 1130. The van der Waals surface area contributed by atoms with E-state index in [2.05, 4.69) is 68.1 Å². The lowest BCUT2D eigenvalue weighted by atomic mass is 10.0. The third kappa shape index (κ3) is 3.43. The average molecular weight is 446 g/mol. The van der Waals surface area contributed by atoms with Crippen molar-refractivity contribution in [2.75, 3.05) is 0 Å². The highest BCUT2D eigenvalue weighted by Gasteiger charge is 2.20. The van der Waals surface area contributed by atoms with Crippen molar-refractivity contribution in [3.63, 3.8) is 0 Å². The first-order chi connectivity index (χ1) is 13.4. The molecule has 0 N–H and O–H groups in total. The van der Waals surface area contributed by atoms with E-state index in [1.54, 1.807) is 11.3 Å². The van der Waals surface area contributed by atoms with Crippen molar-refractivity contribution in [2.45, 2.75) is 57.8 Å². The van der Waals surface area contributed by atoms with Gasteiger partial charge in [-0.1, -0.05) is 34.6 Å². The van der Waals surface area contributed by atoms with Crippen molar-refractivity contribution >= 4 is 58.1 Å². The van der Waals surface area contributed by atoms with Crippen LogP contribution in [-0.4, -0.2) is 13.7 Å². The summed E-state index contributed by atoms with van der Waals surface area (Å²) in [5, 5.41) is 0. The molecule has 0 fully saturated rings. The van der Waals surface area contributed by atoms with Gasteiger partial charge in [0.15, 0.2) is 0 Å². The van der Waals surface area contributed by atoms with Crippen LogP contribution in [0.1, 0.15) is 61.8 Å². The number of hydrogen-bond acceptors (Lipinski definition) is 7. The second-order valence-electron chi connectivity index (χ2n) is 7.49. The van der Waals surface area contributed by atoms with Gasteiger partial charge in [-0.25, -0.2) is 0 Å². The van der Waals surface area contributed by atoms with E-state index in [0.717, 1.165) is 38.5 Å². The summed E-state index contributed by atoms with van der Waals surface area (Å²) in [4.78, 5) is 11.0. The van der Waals surface area contributed by atoms with Crippen LogP contribution in [0, 0.1) is 0 Å². The predicted octanol–water partition coefficient (Wildman–Crippen LogP) is 7.64. The summed E-state index contributed by atoms with van der Waals surface area (Å²) >= 11 is 9.54. The number of rotatable bonds is 5. The summed E-state index contributed by atoms with van der Waals surface area (Å²) in [7, 11) is 0. The van der Waals surface area contributed by atoms with Crippen LogP contribution in [0.15, 0.2) is 23.2 Å². The van der Waals surface area contributed by atoms with Gasteiger partial charge in [0.1, 0.15) is 16.7 Å². The molecule has 0 unspecified atom stereocenters. The lowest BCUT2D eigenvalue weighted by Crippen LogP contribution is -1.88. The molecule has 28 heavy (non-hydrogen) atoms. The van der Waals surface area contributed by atoms with Crippen LogP contribution in [-0.2, 0) is 6.42 Å². The molecule has 4 heterocycles. The zero-order valence-electron chi connectivity index (χ0n) is 16.6. The molecule has 0 spiro atoms. The van der Waals surface area contributed by atoms with E-state index in [1.165, 1.54) is 31.9 Å². The monoisotopic (exact) mass is 445 g/mol. The van der Waals surface area contributed by atoms with Crippen molar-refractivity contribution < 1.29 is 0 Å². The number of aryl methyl sites for hydroxylation is 1. The minimum absolute atomic E-state index is 0.454. The summed E-state index contributed by atoms with van der Waals surface area (Å²) in [5.41, 5.74) is 5.27. The van der Waals surface area contributed by atoms with E-state index in [1.807, 2.05) is 17.5 Å². The Balaban J connectivity index is 1.86. The minimum atomic E-state index is 0.454. The number of aromatic nitrogens is 3. The molecule has 4 aromatic heterocycles. The number of thiophene rings is 2. The maximum absolute atomic E-state index is 4.85. The van der Waals surface area contributed by atoms with E-state index < -0.39 is 0 Å². The highest BCUT2D eigenvalue weighted by molar-refractivity contribution is 7.80. The van der Waals surface area contributed by atoms with Crippen LogP contribution in [0.25, 0.3) is 32.0 Å². The van der Waals surface area contributed by atoms with Crippen LogP contribution in [0.4, 0.5) is 0 Å². The number of fused-ring (bicyclic) bond motifs is 1. The van der Waals surface area contributed by atoms with Gasteiger partial charge in [0, 0.05) is 31.3 Å². The number of pyridine rings is 1. The number of thiol groups is 1. The Morgan fingerprint density at radius 1 is 0.964 bits per heavy atom. The molecule has 3 nitrogen and oxygen atoms in total. The highest BCUT2D eigenvalue weighted by Crippen LogP contribution is 2.42. The fraction of sp³-hybridized carbons (Fsp3) is 0.381. The molecule has 0 saturated carbocycles. The standard InChI is InChI=1S/C21H23N3S4/c1-6-15-12(10(2)3)7-17(26-15)19-20-18(23-28-24-20)13(9-22-19)16-8-14(25)21(27-16)11(4)5/h7-11,25H,6H2,1-5H3. The second kappa shape index (κ2) is 7.86. The molecule has 4 aromatic rings. The largest absolute Gasteiger partial charge is 0.252 e. The topological polar surface area (TPSA) is 38.7 Å². The molecule has 0 aliphatic heterocycles. The molecule has 0 radical (unpaired) electrons. The number of nitrogens with zero attached hydrogens (tertiary/aromatic N) is 3. The van der Waals surface area contributed by atoms with Crippen molar-refractivity contribution in [1.29, 1.82) is 0 Å². The van der Waals surface area contributed by atoms with Crippen molar-refractivity contribution in [1.82, 2.24) is 13.7 Å². The Morgan fingerprint density at radius 3 is 2.32 bits per heavy atom. The first-order valence-corrected chi connectivity index (χ1v) is 12.3. The van der Waals surface area contributed by atoms with Gasteiger partial charge in [-0.05, 0) is 36.0 Å². The highest BCUT2D eigenvalue weighted by atomic mass is 32.1. The van der Waals surface area contributed by atoms with Crippen LogP contribution < -0.4 is 0 Å². The Morgan fingerprint density at radius 2 is 1.71 bits per heavy atom. The molecule has 0 aliphatic rings. The molecule has 0 bridgehead atoms. The SMILES string of the molecule is CCc1sc(-c2ncc(-c3cc(S)c(C(C)C)s3)c3nsnc23)cc1C(C)C. The van der Waals surface area contributed by atoms with E-state index in [0.29, 0.717) is 11.8 Å². The van der Waals surface area contributed by atoms with Gasteiger partial charge in [0.05, 0.1) is 16.6 Å². The van der Waals surface area contributed by atoms with Crippen LogP contribution >= 0.6 is 47.0 Å². The van der Waals surface area contributed by atoms with Crippen molar-refractivity contribution in [3.05, 3.63) is 33.6 Å². The summed E-state index contributed by atoms with van der Waals surface area (Å²) in [6, 6.07) is 4.43. The second-order valence-corrected chi connectivity index (χ2v) is 10.7. The first kappa shape index (κ1) is 20.0. The zero-order chi connectivity index (χ0) is 20.0. The van der Waals surface area contributed by atoms with E-state index >= 15 is 0 Å². The third-order valence-electron chi connectivity index (χ3n) is 4.84. The zero-order valence-corrected chi connectivity index (χ0v) is 20.0. The van der Waals surface area contributed by atoms with Gasteiger partial charge in [-0.2, -0.15) is 8.75 Å². The summed E-state index contributed by atoms with van der Waals surface area (Å²) < 4.78 is 9.24. The van der Waals surface area contributed by atoms with Crippen LogP contribution in [0.2, 0.25) is 0 Å². The number of hydrogen-bond donors (Lipinski definition) is 1. The molecule has 0 aromatic carbocycles. The molecule has 7 heteroatoms. The van der Waals surface area contributed by atoms with E-state index in [-0.39, 0.29) is 0 Å². The van der Waals surface area contributed by atoms with Crippen LogP contribution in [0.5, 0.6) is 0 Å². The summed E-state index contributed by atoms with van der Waals surface area (Å²) in [6.45, 7) is 11.1. The quantitative estimate of drug-likeness (QED) is 0.321.